The van der Waals surface area contributed by atoms with Crippen molar-refractivity contribution in [2.24, 2.45) is 5.73 Å². The Hall–Kier alpha value is -1.81. The Bertz CT molecular complexity index is 470. The fraction of sp³-hybridized carbons (Fsp3) is 0.438. The molecule has 108 valence electrons. The lowest BCUT2D eigenvalue weighted by Crippen LogP contribution is -2.43. The van der Waals surface area contributed by atoms with Gasteiger partial charge in [-0.15, -0.1) is 6.58 Å². The number of benzene rings is 1. The van der Waals surface area contributed by atoms with Crippen molar-refractivity contribution in [1.82, 2.24) is 4.90 Å². The van der Waals surface area contributed by atoms with Gasteiger partial charge in [0.2, 0.25) is 5.91 Å². The van der Waals surface area contributed by atoms with Crippen LogP contribution in [0.1, 0.15) is 30.9 Å². The number of nitrogens with two attached hydrogens (primary N) is 1. The molecular weight excluding hydrogens is 252 g/mol. The second-order valence-corrected chi connectivity index (χ2v) is 5.09. The topological polar surface area (TPSA) is 55.6 Å². The average Bonchev–Trinajstić information content (AvgIpc) is 2.96. The van der Waals surface area contributed by atoms with E-state index < -0.39 is 6.04 Å². The smallest absolute Gasteiger partial charge is 0.240 e. The normalized spacial score (nSPS) is 19.7. The molecule has 1 saturated heterocycles. The Labute approximate surface area is 120 Å². The van der Waals surface area contributed by atoms with Gasteiger partial charge in [-0.05, 0) is 37.0 Å². The molecule has 0 bridgehead atoms. The minimum atomic E-state index is -0.480. The van der Waals surface area contributed by atoms with Crippen LogP contribution >= 0.6 is 0 Å². The van der Waals surface area contributed by atoms with E-state index in [2.05, 4.69) is 6.58 Å². The van der Waals surface area contributed by atoms with E-state index in [0.29, 0.717) is 6.42 Å². The molecule has 0 aromatic heterocycles. The quantitative estimate of drug-likeness (QED) is 0.838. The maximum absolute atomic E-state index is 12.4. The van der Waals surface area contributed by atoms with Gasteiger partial charge in [0.15, 0.2) is 0 Å². The van der Waals surface area contributed by atoms with Gasteiger partial charge in [0.25, 0.3) is 0 Å². The molecule has 2 unspecified atom stereocenters. The van der Waals surface area contributed by atoms with Crippen LogP contribution in [0.25, 0.3) is 0 Å². The van der Waals surface area contributed by atoms with Crippen LogP contribution < -0.4 is 10.5 Å². The first-order valence-corrected chi connectivity index (χ1v) is 6.98. The van der Waals surface area contributed by atoms with Crippen molar-refractivity contribution >= 4 is 5.91 Å². The van der Waals surface area contributed by atoms with E-state index in [1.165, 1.54) is 0 Å². The number of hydrogen-bond donors (Lipinski definition) is 1. The van der Waals surface area contributed by atoms with Crippen molar-refractivity contribution in [2.75, 3.05) is 13.7 Å². The summed E-state index contributed by atoms with van der Waals surface area (Å²) in [6, 6.07) is 7.55. The van der Waals surface area contributed by atoms with Crippen molar-refractivity contribution in [3.63, 3.8) is 0 Å². The molecule has 0 spiro atoms. The van der Waals surface area contributed by atoms with Crippen molar-refractivity contribution in [2.45, 2.75) is 31.3 Å². The van der Waals surface area contributed by atoms with Gasteiger partial charge >= 0.3 is 0 Å². The van der Waals surface area contributed by atoms with E-state index in [1.807, 2.05) is 29.2 Å². The van der Waals surface area contributed by atoms with E-state index in [0.717, 1.165) is 30.7 Å². The molecule has 20 heavy (non-hydrogen) atoms. The lowest BCUT2D eigenvalue weighted by atomic mass is 10.0. The lowest BCUT2D eigenvalue weighted by molar-refractivity contribution is -0.133. The van der Waals surface area contributed by atoms with E-state index in [9.17, 15) is 4.79 Å². The largest absolute Gasteiger partial charge is 0.497 e. The maximum Gasteiger partial charge on any atom is 0.240 e. The first-order valence-electron chi connectivity index (χ1n) is 6.98. The number of rotatable bonds is 5. The molecule has 1 aromatic rings. The Kier molecular flexibility index (Phi) is 4.79. The van der Waals surface area contributed by atoms with Gasteiger partial charge < -0.3 is 15.4 Å². The zero-order valence-corrected chi connectivity index (χ0v) is 11.9. The van der Waals surface area contributed by atoms with Crippen molar-refractivity contribution in [3.05, 3.63) is 42.5 Å². The summed E-state index contributed by atoms with van der Waals surface area (Å²) in [6.07, 6.45) is 4.22. The van der Waals surface area contributed by atoms with Crippen LogP contribution in [-0.4, -0.2) is 30.5 Å². The third-order valence-electron chi connectivity index (χ3n) is 3.77. The third-order valence-corrected chi connectivity index (χ3v) is 3.77. The second kappa shape index (κ2) is 6.57. The van der Waals surface area contributed by atoms with Crippen LogP contribution in [0.15, 0.2) is 36.9 Å². The minimum Gasteiger partial charge on any atom is -0.497 e. The van der Waals surface area contributed by atoms with Crippen molar-refractivity contribution < 1.29 is 9.53 Å². The van der Waals surface area contributed by atoms with Crippen molar-refractivity contribution in [1.29, 1.82) is 0 Å². The predicted molar refractivity (Wildman–Crippen MR) is 79.5 cm³/mol. The predicted octanol–water partition coefficient (Wildman–Crippen LogP) is 2.26. The number of amides is 1. The zero-order chi connectivity index (χ0) is 14.5. The molecule has 1 fully saturated rings. The number of nitrogens with zero attached hydrogens (tertiary/aromatic N) is 1. The number of carbonyl (C=O) groups is 1. The molecule has 0 saturated carbocycles. The van der Waals surface area contributed by atoms with Gasteiger partial charge in [0, 0.05) is 6.54 Å². The monoisotopic (exact) mass is 274 g/mol. The zero-order valence-electron chi connectivity index (χ0n) is 11.9. The Morgan fingerprint density at radius 1 is 1.55 bits per heavy atom. The molecule has 4 heteroatoms. The molecule has 2 atom stereocenters. The lowest BCUT2D eigenvalue weighted by Gasteiger charge is -2.27. The van der Waals surface area contributed by atoms with Gasteiger partial charge in [-0.25, -0.2) is 0 Å². The second-order valence-electron chi connectivity index (χ2n) is 5.09. The highest BCUT2D eigenvalue weighted by atomic mass is 16.5. The molecule has 4 nitrogen and oxygen atoms in total. The summed E-state index contributed by atoms with van der Waals surface area (Å²) >= 11 is 0. The molecule has 1 aliphatic rings. The van der Waals surface area contributed by atoms with Gasteiger partial charge in [0.1, 0.15) is 5.75 Å². The van der Waals surface area contributed by atoms with Crippen molar-refractivity contribution in [3.8, 4) is 5.75 Å². The highest BCUT2D eigenvalue weighted by Crippen LogP contribution is 2.33. The number of hydrogen-bond acceptors (Lipinski definition) is 3. The van der Waals surface area contributed by atoms with Gasteiger partial charge in [0.05, 0.1) is 19.2 Å². The minimum absolute atomic E-state index is 0.0169. The van der Waals surface area contributed by atoms with Crippen LogP contribution in [0.4, 0.5) is 0 Å². The molecule has 1 aliphatic heterocycles. The first-order chi connectivity index (χ1) is 9.67. The fourth-order valence-corrected chi connectivity index (χ4v) is 2.70. The summed E-state index contributed by atoms with van der Waals surface area (Å²) in [6.45, 7) is 4.42. The molecule has 2 N–H and O–H groups in total. The van der Waals surface area contributed by atoms with E-state index in [1.54, 1.807) is 13.2 Å². The highest BCUT2D eigenvalue weighted by Gasteiger charge is 2.32. The molecule has 1 heterocycles. The number of ether oxygens (including phenoxy) is 1. The molecular formula is C16H22N2O2. The summed E-state index contributed by atoms with van der Waals surface area (Å²) < 4.78 is 5.16. The highest BCUT2D eigenvalue weighted by molar-refractivity contribution is 5.82. The van der Waals surface area contributed by atoms with Crippen LogP contribution in [0.5, 0.6) is 5.75 Å². The number of likely N-dealkylation sites (tertiary alicyclic amines) is 1. The maximum atomic E-state index is 12.4. The van der Waals surface area contributed by atoms with E-state index in [-0.39, 0.29) is 11.9 Å². The molecule has 0 aliphatic carbocycles. The van der Waals surface area contributed by atoms with Crippen LogP contribution in [-0.2, 0) is 4.79 Å². The molecule has 1 aromatic carbocycles. The van der Waals surface area contributed by atoms with E-state index in [4.69, 9.17) is 10.5 Å². The van der Waals surface area contributed by atoms with Crippen LogP contribution in [0, 0.1) is 0 Å². The van der Waals surface area contributed by atoms with Gasteiger partial charge in [-0.1, -0.05) is 18.2 Å². The van der Waals surface area contributed by atoms with Crippen LogP contribution in [0.3, 0.4) is 0 Å². The summed E-state index contributed by atoms with van der Waals surface area (Å²) in [7, 11) is 1.65. The third kappa shape index (κ3) is 3.02. The SMILES string of the molecule is C=CCC(N)C(=O)N1CCCC1c1ccc(OC)cc1. The molecule has 2 rings (SSSR count). The summed E-state index contributed by atoms with van der Waals surface area (Å²) in [5, 5.41) is 0. The molecule has 0 radical (unpaired) electrons. The number of methoxy groups -OCH3 is 1. The summed E-state index contributed by atoms with van der Waals surface area (Å²) in [5.74, 6) is 0.844. The van der Waals surface area contributed by atoms with Gasteiger partial charge in [-0.3, -0.25) is 4.79 Å². The fourth-order valence-electron chi connectivity index (χ4n) is 2.70. The Balaban J connectivity index is 2.13. The van der Waals surface area contributed by atoms with Gasteiger partial charge in [-0.2, -0.15) is 0 Å². The summed E-state index contributed by atoms with van der Waals surface area (Å²) in [4.78, 5) is 14.3. The first kappa shape index (κ1) is 14.6. The molecule has 1 amide bonds. The van der Waals surface area contributed by atoms with Crippen LogP contribution in [0.2, 0.25) is 0 Å². The Morgan fingerprint density at radius 2 is 2.25 bits per heavy atom. The standard InChI is InChI=1S/C16H22N2O2/c1-3-5-14(17)16(19)18-11-4-6-15(18)12-7-9-13(20-2)10-8-12/h3,7-10,14-15H,1,4-6,11,17H2,2H3. The Morgan fingerprint density at radius 3 is 2.85 bits per heavy atom. The number of carbonyl (C=O) groups excluding carboxylic acids is 1. The van der Waals surface area contributed by atoms with E-state index >= 15 is 0 Å². The average molecular weight is 274 g/mol. The summed E-state index contributed by atoms with van der Waals surface area (Å²) in [5.41, 5.74) is 7.05.